The summed E-state index contributed by atoms with van der Waals surface area (Å²) in [5.41, 5.74) is 2.18. The fourth-order valence-electron chi connectivity index (χ4n) is 3.89. The molecule has 1 fully saturated rings. The zero-order chi connectivity index (χ0) is 20.1. The number of nitrogens with zero attached hydrogens (tertiary/aromatic N) is 1. The molecule has 1 aliphatic heterocycles. The van der Waals surface area contributed by atoms with E-state index >= 15 is 0 Å². The number of carbonyl (C=O) groups excluding carboxylic acids is 1. The number of halogens is 1. The molecule has 1 amide bonds. The van der Waals surface area contributed by atoms with Crippen LogP contribution >= 0.6 is 0 Å². The number of benzene rings is 3. The number of rotatable bonds is 5. The maximum Gasteiger partial charge on any atom is 0.227 e. The van der Waals surface area contributed by atoms with Crippen LogP contribution in [0.4, 0.5) is 4.39 Å². The van der Waals surface area contributed by atoms with Crippen LogP contribution in [0.15, 0.2) is 84.9 Å². The molecule has 0 aromatic heterocycles. The Balaban J connectivity index is 1.50. The van der Waals surface area contributed by atoms with Gasteiger partial charge in [0.2, 0.25) is 5.91 Å². The van der Waals surface area contributed by atoms with Gasteiger partial charge in [-0.25, -0.2) is 4.39 Å². The summed E-state index contributed by atoms with van der Waals surface area (Å²) in [5.74, 6) is 0.576. The molecule has 1 heterocycles. The number of hydrogen-bond donors (Lipinski definition) is 0. The first kappa shape index (κ1) is 19.2. The van der Waals surface area contributed by atoms with Crippen molar-refractivity contribution in [1.29, 1.82) is 0 Å². The second-order valence-electron chi connectivity index (χ2n) is 7.42. The summed E-state index contributed by atoms with van der Waals surface area (Å²) >= 11 is 0. The smallest absolute Gasteiger partial charge is 0.227 e. The van der Waals surface area contributed by atoms with Gasteiger partial charge >= 0.3 is 0 Å². The molecule has 2 atom stereocenters. The molecule has 0 unspecified atom stereocenters. The molecule has 0 aliphatic carbocycles. The van der Waals surface area contributed by atoms with Crippen LogP contribution in [-0.4, -0.2) is 30.0 Å². The first-order chi connectivity index (χ1) is 14.2. The van der Waals surface area contributed by atoms with Gasteiger partial charge in [-0.05, 0) is 35.4 Å². The lowest BCUT2D eigenvalue weighted by atomic mass is 9.87. The van der Waals surface area contributed by atoms with Gasteiger partial charge in [-0.2, -0.15) is 0 Å². The molecule has 3 aromatic rings. The number of amides is 1. The fourth-order valence-corrected chi connectivity index (χ4v) is 3.89. The monoisotopic (exact) mass is 389 g/mol. The Hall–Kier alpha value is -3.14. The van der Waals surface area contributed by atoms with Crippen molar-refractivity contribution < 1.29 is 13.9 Å². The third kappa shape index (κ3) is 4.83. The average Bonchev–Trinajstić information content (AvgIpc) is 2.77. The van der Waals surface area contributed by atoms with Crippen LogP contribution in [0.5, 0.6) is 5.75 Å². The molecule has 0 spiro atoms. The molecule has 3 nitrogen and oxygen atoms in total. The summed E-state index contributed by atoms with van der Waals surface area (Å²) in [5, 5.41) is 0. The standard InChI is InChI=1S/C25H24FNO2/c26-21-11-13-22(14-12-21)29-24-15-16-27(18-23(24)20-9-5-2-6-10-20)25(28)17-19-7-3-1-4-8-19/h1-14,23-24H,15-18H2/t23-,24+/m1/s1. The summed E-state index contributed by atoms with van der Waals surface area (Å²) in [7, 11) is 0. The third-order valence-corrected chi connectivity index (χ3v) is 5.43. The molecule has 1 saturated heterocycles. The largest absolute Gasteiger partial charge is 0.490 e. The van der Waals surface area contributed by atoms with Crippen LogP contribution in [0.2, 0.25) is 0 Å². The van der Waals surface area contributed by atoms with Crippen molar-refractivity contribution in [1.82, 2.24) is 4.90 Å². The molecule has 1 aliphatic rings. The number of carbonyl (C=O) groups is 1. The first-order valence-electron chi connectivity index (χ1n) is 9.98. The van der Waals surface area contributed by atoms with E-state index in [4.69, 9.17) is 4.74 Å². The van der Waals surface area contributed by atoms with E-state index in [1.165, 1.54) is 12.1 Å². The number of hydrogen-bond acceptors (Lipinski definition) is 2. The van der Waals surface area contributed by atoms with Gasteiger partial charge in [0, 0.05) is 25.4 Å². The second kappa shape index (κ2) is 8.91. The topological polar surface area (TPSA) is 29.5 Å². The van der Waals surface area contributed by atoms with Crippen molar-refractivity contribution >= 4 is 5.91 Å². The molecule has 4 rings (SSSR count). The number of piperidine rings is 1. The van der Waals surface area contributed by atoms with Crippen LogP contribution < -0.4 is 4.74 Å². The van der Waals surface area contributed by atoms with E-state index in [1.807, 2.05) is 53.4 Å². The van der Waals surface area contributed by atoms with Crippen LogP contribution in [0.3, 0.4) is 0 Å². The van der Waals surface area contributed by atoms with Crippen LogP contribution in [0.25, 0.3) is 0 Å². The Bertz CT molecular complexity index is 928. The van der Waals surface area contributed by atoms with Gasteiger partial charge in [-0.3, -0.25) is 4.79 Å². The van der Waals surface area contributed by atoms with Crippen molar-refractivity contribution in [2.24, 2.45) is 0 Å². The molecule has 148 valence electrons. The minimum atomic E-state index is -0.279. The maximum atomic E-state index is 13.2. The second-order valence-corrected chi connectivity index (χ2v) is 7.42. The summed E-state index contributed by atoms with van der Waals surface area (Å²) in [6, 6.07) is 26.1. The Morgan fingerprint density at radius 1 is 0.931 bits per heavy atom. The molecular formula is C25H24FNO2. The van der Waals surface area contributed by atoms with Crippen molar-refractivity contribution in [3.8, 4) is 5.75 Å². The predicted molar refractivity (Wildman–Crippen MR) is 111 cm³/mol. The molecule has 0 saturated carbocycles. The van der Waals surface area contributed by atoms with Gasteiger partial charge in [0.15, 0.2) is 0 Å². The van der Waals surface area contributed by atoms with Crippen LogP contribution in [0.1, 0.15) is 23.5 Å². The molecule has 3 aromatic carbocycles. The van der Waals surface area contributed by atoms with E-state index in [0.717, 1.165) is 17.5 Å². The normalized spacial score (nSPS) is 19.0. The van der Waals surface area contributed by atoms with E-state index < -0.39 is 0 Å². The zero-order valence-corrected chi connectivity index (χ0v) is 16.2. The fraction of sp³-hybridized carbons (Fsp3) is 0.240. The summed E-state index contributed by atoms with van der Waals surface area (Å²) < 4.78 is 19.4. The Labute approximate surface area is 170 Å². The molecule has 29 heavy (non-hydrogen) atoms. The molecule has 0 radical (unpaired) electrons. The Kier molecular flexibility index (Phi) is 5.89. The molecule has 4 heteroatoms. The van der Waals surface area contributed by atoms with Crippen LogP contribution in [0, 0.1) is 5.82 Å². The number of ether oxygens (including phenoxy) is 1. The Morgan fingerprint density at radius 3 is 2.28 bits per heavy atom. The number of likely N-dealkylation sites (tertiary alicyclic amines) is 1. The zero-order valence-electron chi connectivity index (χ0n) is 16.2. The Morgan fingerprint density at radius 2 is 1.59 bits per heavy atom. The van der Waals surface area contributed by atoms with Gasteiger partial charge in [-0.15, -0.1) is 0 Å². The van der Waals surface area contributed by atoms with Gasteiger partial charge in [0.25, 0.3) is 0 Å². The van der Waals surface area contributed by atoms with Gasteiger partial charge in [-0.1, -0.05) is 60.7 Å². The predicted octanol–water partition coefficient (Wildman–Crippen LogP) is 4.83. The van der Waals surface area contributed by atoms with Gasteiger partial charge < -0.3 is 9.64 Å². The third-order valence-electron chi connectivity index (χ3n) is 5.43. The maximum absolute atomic E-state index is 13.2. The summed E-state index contributed by atoms with van der Waals surface area (Å²) in [6.07, 6.45) is 1.08. The minimum Gasteiger partial charge on any atom is -0.490 e. The highest BCUT2D eigenvalue weighted by Crippen LogP contribution is 2.31. The average molecular weight is 389 g/mol. The van der Waals surface area contributed by atoms with Crippen molar-refractivity contribution in [2.75, 3.05) is 13.1 Å². The van der Waals surface area contributed by atoms with Gasteiger partial charge in [0.05, 0.1) is 6.42 Å². The lowest BCUT2D eigenvalue weighted by Gasteiger charge is -2.39. The van der Waals surface area contributed by atoms with Crippen molar-refractivity contribution in [3.63, 3.8) is 0 Å². The minimum absolute atomic E-state index is 0.0646. The van der Waals surface area contributed by atoms with E-state index in [-0.39, 0.29) is 23.7 Å². The van der Waals surface area contributed by atoms with E-state index in [0.29, 0.717) is 25.3 Å². The first-order valence-corrected chi connectivity index (χ1v) is 9.98. The van der Waals surface area contributed by atoms with Crippen LogP contribution in [-0.2, 0) is 11.2 Å². The highest BCUT2D eigenvalue weighted by molar-refractivity contribution is 5.79. The highest BCUT2D eigenvalue weighted by atomic mass is 19.1. The summed E-state index contributed by atoms with van der Waals surface area (Å²) in [4.78, 5) is 14.8. The van der Waals surface area contributed by atoms with Crippen molar-refractivity contribution in [3.05, 3.63) is 102 Å². The highest BCUT2D eigenvalue weighted by Gasteiger charge is 2.34. The molecular weight excluding hydrogens is 365 g/mol. The summed E-state index contributed by atoms with van der Waals surface area (Å²) in [6.45, 7) is 1.27. The van der Waals surface area contributed by atoms with Gasteiger partial charge in [0.1, 0.15) is 17.7 Å². The lowest BCUT2D eigenvalue weighted by Crippen LogP contribution is -2.47. The molecule has 0 bridgehead atoms. The lowest BCUT2D eigenvalue weighted by molar-refractivity contribution is -0.132. The molecule has 0 N–H and O–H groups in total. The SMILES string of the molecule is O=C(Cc1ccccc1)N1CC[C@H](Oc2ccc(F)cc2)[C@@H](c2ccccc2)C1. The van der Waals surface area contributed by atoms with E-state index in [1.54, 1.807) is 12.1 Å². The van der Waals surface area contributed by atoms with Crippen molar-refractivity contribution in [2.45, 2.75) is 24.9 Å². The quantitative estimate of drug-likeness (QED) is 0.625. The van der Waals surface area contributed by atoms with E-state index in [2.05, 4.69) is 12.1 Å². The van der Waals surface area contributed by atoms with E-state index in [9.17, 15) is 9.18 Å².